The Bertz CT molecular complexity index is 2610. The molecule has 3 aromatic carbocycles. The number of hydrazine groups is 1. The van der Waals surface area contributed by atoms with Crippen molar-refractivity contribution in [3.05, 3.63) is 94.0 Å². The topological polar surface area (TPSA) is 366 Å². The summed E-state index contributed by atoms with van der Waals surface area (Å²) in [5.41, 5.74) is 22.5. The number of aromatic nitrogens is 2. The number of amides is 7. The second-order valence-corrected chi connectivity index (χ2v) is 15.7. The first-order valence-corrected chi connectivity index (χ1v) is 21.7. The first-order chi connectivity index (χ1) is 32.6. The van der Waals surface area contributed by atoms with Crippen LogP contribution in [0, 0.1) is 0 Å². The summed E-state index contributed by atoms with van der Waals surface area (Å²) in [5.74, 6) is 1.99. The van der Waals surface area contributed by atoms with Crippen molar-refractivity contribution in [3.8, 4) is 0 Å². The molecule has 23 nitrogen and oxygen atoms in total. The van der Waals surface area contributed by atoms with Gasteiger partial charge < -0.3 is 53.9 Å². The van der Waals surface area contributed by atoms with Crippen LogP contribution >= 0.6 is 11.6 Å². The lowest BCUT2D eigenvalue weighted by atomic mass is 10.0. The molecule has 5 rings (SSSR count). The fourth-order valence-corrected chi connectivity index (χ4v) is 7.14. The van der Waals surface area contributed by atoms with Gasteiger partial charge in [0.2, 0.25) is 23.7 Å². The molecule has 0 bridgehead atoms. The Hall–Kier alpha value is -8.18. The standard InChI is InChI=1S/C44H52ClN15O8/c1-24(53-34(63)22-52-33(62)7-3-2-4-19-60-35(64)16-17-36(60)65)41(66)54-28-13-14-30(31(20-28)39(46)58-59-49)43(68)50-18-5-6-29(23-61)55-42(67)25-8-11-27(12-9-25)51-21-26-10-15-32-37(38(26)45)40(47)57-44(48)56-32/h8-17,20,23-24,29,51,59H,2-7,18-19,21-22,49H2,1H3,(H2,46,58)(H,50,68)(H,52,62)(H,53,63)(H,54,66)(H,55,67)(H4,47,48,56,57). The van der Waals surface area contributed by atoms with E-state index >= 15 is 0 Å². The number of imide groups is 1. The van der Waals surface area contributed by atoms with Crippen LogP contribution in [0.1, 0.15) is 77.3 Å². The number of fused-ring (bicyclic) bond motifs is 1. The molecule has 2 atom stereocenters. The van der Waals surface area contributed by atoms with E-state index in [2.05, 4.69) is 52.5 Å². The average molecular weight is 954 g/mol. The summed E-state index contributed by atoms with van der Waals surface area (Å²) in [5, 5.41) is 20.9. The van der Waals surface area contributed by atoms with Gasteiger partial charge in [-0.2, -0.15) is 4.98 Å². The van der Waals surface area contributed by atoms with Gasteiger partial charge in [0.15, 0.2) is 5.84 Å². The van der Waals surface area contributed by atoms with Gasteiger partial charge in [-0.3, -0.25) is 38.5 Å². The van der Waals surface area contributed by atoms with E-state index in [4.69, 9.17) is 34.6 Å². The predicted octanol–water partition coefficient (Wildman–Crippen LogP) is 0.696. The van der Waals surface area contributed by atoms with Crippen molar-refractivity contribution in [2.75, 3.05) is 41.7 Å². The van der Waals surface area contributed by atoms with Gasteiger partial charge in [0.25, 0.3) is 23.6 Å². The molecule has 68 heavy (non-hydrogen) atoms. The zero-order valence-corrected chi connectivity index (χ0v) is 37.7. The number of carbonyl (C=O) groups is 8. The maximum atomic E-state index is 13.3. The number of halogens is 1. The maximum Gasteiger partial charge on any atom is 0.253 e. The van der Waals surface area contributed by atoms with Crippen molar-refractivity contribution in [2.45, 2.75) is 64.1 Å². The minimum absolute atomic E-state index is 0.0437. The van der Waals surface area contributed by atoms with Crippen molar-refractivity contribution in [1.29, 1.82) is 0 Å². The van der Waals surface area contributed by atoms with Crippen molar-refractivity contribution >= 4 is 99.1 Å². The molecule has 1 aromatic heterocycles. The van der Waals surface area contributed by atoms with E-state index in [1.807, 2.05) is 0 Å². The number of nitrogens with one attached hydrogen (secondary N) is 7. The second-order valence-electron chi connectivity index (χ2n) is 15.4. The Balaban J connectivity index is 1.03. The van der Waals surface area contributed by atoms with E-state index in [9.17, 15) is 38.4 Å². The third-order valence-electron chi connectivity index (χ3n) is 10.4. The van der Waals surface area contributed by atoms with Crippen molar-refractivity contribution in [3.63, 3.8) is 0 Å². The largest absolute Gasteiger partial charge is 0.383 e. The van der Waals surface area contributed by atoms with Crippen LogP contribution in [0.3, 0.4) is 0 Å². The molecule has 4 aromatic rings. The lowest BCUT2D eigenvalue weighted by Gasteiger charge is -2.16. The SMILES string of the molecule is CC(NC(=O)CNC(=O)CCCCCN1C(=O)C=CC1=O)C(=O)Nc1ccc(C(=O)NCCCC(C=O)NC(=O)c2ccc(NCc3ccc4nc(N)nc(N)c4c3Cl)cc2)c(/C(N)=N/NN)c1. The molecule has 358 valence electrons. The Morgan fingerprint density at radius 3 is 2.26 bits per heavy atom. The molecule has 1 aliphatic heterocycles. The molecule has 0 saturated carbocycles. The van der Waals surface area contributed by atoms with Gasteiger partial charge in [-0.1, -0.05) is 24.1 Å². The average Bonchev–Trinajstić information content (AvgIpc) is 3.63. The summed E-state index contributed by atoms with van der Waals surface area (Å²) in [6.07, 6.45) is 5.27. The normalized spacial score (nSPS) is 13.1. The van der Waals surface area contributed by atoms with Gasteiger partial charge in [0.05, 0.1) is 34.1 Å². The maximum absolute atomic E-state index is 13.3. The van der Waals surface area contributed by atoms with E-state index in [0.29, 0.717) is 65.7 Å². The molecule has 24 heteroatoms. The summed E-state index contributed by atoms with van der Waals surface area (Å²) in [6, 6.07) is 12.5. The molecule has 1 aliphatic rings. The summed E-state index contributed by atoms with van der Waals surface area (Å²) >= 11 is 6.59. The highest BCUT2D eigenvalue weighted by Crippen LogP contribution is 2.31. The van der Waals surface area contributed by atoms with Gasteiger partial charge in [-0.25, -0.2) is 16.4 Å². The Kier molecular flexibility index (Phi) is 18.2. The van der Waals surface area contributed by atoms with Gasteiger partial charge >= 0.3 is 0 Å². The zero-order chi connectivity index (χ0) is 49.3. The number of aldehydes is 1. The van der Waals surface area contributed by atoms with Crippen LogP contribution < -0.4 is 60.5 Å². The minimum atomic E-state index is -1.04. The molecule has 15 N–H and O–H groups in total. The molecule has 7 amide bonds. The number of hydrogen-bond donors (Lipinski definition) is 11. The lowest BCUT2D eigenvalue weighted by molar-refractivity contribution is -0.137. The number of nitrogens with zero attached hydrogens (tertiary/aromatic N) is 4. The van der Waals surface area contributed by atoms with Crippen LogP contribution in [0.15, 0.2) is 71.9 Å². The van der Waals surface area contributed by atoms with Crippen molar-refractivity contribution < 1.29 is 38.4 Å². The Morgan fingerprint density at radius 2 is 1.56 bits per heavy atom. The van der Waals surface area contributed by atoms with Crippen LogP contribution in [-0.4, -0.2) is 100 Å². The Morgan fingerprint density at radius 1 is 0.838 bits per heavy atom. The molecule has 2 unspecified atom stereocenters. The van der Waals surface area contributed by atoms with Gasteiger partial charge in [-0.05, 0) is 86.7 Å². The highest BCUT2D eigenvalue weighted by Gasteiger charge is 2.23. The highest BCUT2D eigenvalue weighted by atomic mass is 35.5. The van der Waals surface area contributed by atoms with Crippen LogP contribution in [0.4, 0.5) is 23.1 Å². The number of hydrogen-bond acceptors (Lipinski definition) is 16. The van der Waals surface area contributed by atoms with E-state index in [1.165, 1.54) is 37.3 Å². The quantitative estimate of drug-likeness (QED) is 0.00876. The van der Waals surface area contributed by atoms with E-state index in [1.54, 1.807) is 36.4 Å². The van der Waals surface area contributed by atoms with Crippen molar-refractivity contribution in [2.24, 2.45) is 16.7 Å². The summed E-state index contributed by atoms with van der Waals surface area (Å²) in [6.45, 7) is 1.77. The Labute approximate surface area is 394 Å². The molecule has 0 fully saturated rings. The smallest absolute Gasteiger partial charge is 0.253 e. The van der Waals surface area contributed by atoms with Gasteiger partial charge in [-0.15, -0.1) is 5.10 Å². The number of amidine groups is 1. The molecule has 2 heterocycles. The van der Waals surface area contributed by atoms with E-state index < -0.39 is 35.7 Å². The highest BCUT2D eigenvalue weighted by molar-refractivity contribution is 6.37. The number of nitrogens with two attached hydrogens (primary N) is 4. The number of hydrazone groups is 1. The van der Waals surface area contributed by atoms with E-state index in [-0.39, 0.29) is 84.6 Å². The van der Waals surface area contributed by atoms with Crippen LogP contribution in [-0.2, 0) is 35.3 Å². The summed E-state index contributed by atoms with van der Waals surface area (Å²) < 4.78 is 0. The lowest BCUT2D eigenvalue weighted by Crippen LogP contribution is -2.45. The van der Waals surface area contributed by atoms with Crippen LogP contribution in [0.5, 0.6) is 0 Å². The number of nitrogen functional groups attached to an aromatic ring is 2. The summed E-state index contributed by atoms with van der Waals surface area (Å²) in [4.78, 5) is 108. The van der Waals surface area contributed by atoms with E-state index in [0.717, 1.165) is 10.5 Å². The first kappa shape index (κ1) is 50.8. The first-order valence-electron chi connectivity index (χ1n) is 21.3. The predicted molar refractivity (Wildman–Crippen MR) is 254 cm³/mol. The third kappa shape index (κ3) is 14.2. The van der Waals surface area contributed by atoms with Crippen molar-refractivity contribution in [1.82, 2.24) is 41.7 Å². The summed E-state index contributed by atoms with van der Waals surface area (Å²) in [7, 11) is 0. The monoisotopic (exact) mass is 953 g/mol. The van der Waals surface area contributed by atoms with Gasteiger partial charge in [0.1, 0.15) is 18.1 Å². The molecular formula is C44H52ClN15O8. The fourth-order valence-electron chi connectivity index (χ4n) is 6.81. The van der Waals surface area contributed by atoms with Crippen LogP contribution in [0.25, 0.3) is 10.9 Å². The van der Waals surface area contributed by atoms with Crippen LogP contribution in [0.2, 0.25) is 5.02 Å². The number of benzene rings is 3. The second kappa shape index (κ2) is 24.4. The minimum Gasteiger partial charge on any atom is -0.383 e. The number of carbonyl (C=O) groups excluding carboxylic acids is 8. The number of anilines is 4. The van der Waals surface area contributed by atoms with Gasteiger partial charge in [0, 0.05) is 60.7 Å². The molecule has 0 spiro atoms. The zero-order valence-electron chi connectivity index (χ0n) is 36.9. The fraction of sp³-hybridized carbons (Fsp3) is 0.295. The third-order valence-corrected chi connectivity index (χ3v) is 10.8. The molecule has 0 radical (unpaired) electrons. The molecular weight excluding hydrogens is 902 g/mol. The number of rotatable bonds is 24. The molecule has 0 aliphatic carbocycles. The number of unbranched alkanes of at least 4 members (excludes halogenated alkanes) is 2. The molecule has 0 saturated heterocycles.